The van der Waals surface area contributed by atoms with Gasteiger partial charge in [0.15, 0.2) is 0 Å². The highest BCUT2D eigenvalue weighted by atomic mass is 79.9. The van der Waals surface area contributed by atoms with Crippen molar-refractivity contribution >= 4 is 27.5 Å². The number of aromatic nitrogens is 2. The Morgan fingerprint density at radius 2 is 2.10 bits per heavy atom. The zero-order valence-corrected chi connectivity index (χ0v) is 14.1. The van der Waals surface area contributed by atoms with Gasteiger partial charge in [0.1, 0.15) is 0 Å². The maximum atomic E-state index is 6.32. The second-order valence-electron chi connectivity index (χ2n) is 4.77. The summed E-state index contributed by atoms with van der Waals surface area (Å²) in [6, 6.07) is 7.78. The van der Waals surface area contributed by atoms with Crippen LogP contribution < -0.4 is 5.73 Å². The van der Waals surface area contributed by atoms with Crippen molar-refractivity contribution in [1.29, 1.82) is 0 Å². The molecule has 0 amide bonds. The van der Waals surface area contributed by atoms with Crippen LogP contribution in [-0.4, -0.2) is 9.78 Å². The Balaban J connectivity index is 2.24. The molecule has 1 aromatic carbocycles. The van der Waals surface area contributed by atoms with E-state index in [2.05, 4.69) is 40.9 Å². The maximum Gasteiger partial charge on any atom is 0.0624 e. The smallest absolute Gasteiger partial charge is 0.0624 e. The van der Waals surface area contributed by atoms with Crippen LogP contribution in [0.25, 0.3) is 0 Å². The lowest BCUT2D eigenvalue weighted by molar-refractivity contribution is 0.585. The molecule has 108 valence electrons. The molecule has 3 nitrogen and oxygen atoms in total. The van der Waals surface area contributed by atoms with Crippen LogP contribution in [0.3, 0.4) is 0 Å². The summed E-state index contributed by atoms with van der Waals surface area (Å²) >= 11 is 9.70. The van der Waals surface area contributed by atoms with E-state index in [4.69, 9.17) is 17.3 Å². The Labute approximate surface area is 133 Å². The van der Waals surface area contributed by atoms with Crippen molar-refractivity contribution in [2.75, 3.05) is 0 Å². The lowest BCUT2D eigenvalue weighted by atomic mass is 10.0. The summed E-state index contributed by atoms with van der Waals surface area (Å²) < 4.78 is 3.01. The van der Waals surface area contributed by atoms with Crippen molar-refractivity contribution in [3.63, 3.8) is 0 Å². The number of benzene rings is 1. The number of halogens is 2. The number of nitrogens with two attached hydrogens (primary N) is 1. The fourth-order valence-electron chi connectivity index (χ4n) is 2.26. The molecule has 0 aliphatic carbocycles. The van der Waals surface area contributed by atoms with Crippen LogP contribution in [0.4, 0.5) is 0 Å². The van der Waals surface area contributed by atoms with Crippen LogP contribution in [0, 0.1) is 0 Å². The molecule has 0 radical (unpaired) electrons. The van der Waals surface area contributed by atoms with Crippen LogP contribution in [0.1, 0.15) is 36.8 Å². The molecule has 0 spiro atoms. The maximum absolute atomic E-state index is 6.32. The van der Waals surface area contributed by atoms with Crippen LogP contribution in [0.2, 0.25) is 5.02 Å². The van der Waals surface area contributed by atoms with Gasteiger partial charge in [-0.05, 0) is 43.2 Å². The third-order valence-electron chi connectivity index (χ3n) is 3.36. The fourth-order valence-corrected chi connectivity index (χ4v) is 2.90. The van der Waals surface area contributed by atoms with Crippen molar-refractivity contribution in [3.05, 3.63) is 50.7 Å². The Bertz CT molecular complexity index is 595. The summed E-state index contributed by atoms with van der Waals surface area (Å²) in [5.74, 6) is 0. The molecule has 1 unspecified atom stereocenters. The van der Waals surface area contributed by atoms with Gasteiger partial charge in [0.05, 0.1) is 5.69 Å². The molecule has 0 aliphatic heterocycles. The Morgan fingerprint density at radius 1 is 1.35 bits per heavy atom. The highest BCUT2D eigenvalue weighted by Crippen LogP contribution is 2.27. The van der Waals surface area contributed by atoms with Gasteiger partial charge in [-0.15, -0.1) is 0 Å². The first-order valence-electron chi connectivity index (χ1n) is 6.81. The molecule has 1 heterocycles. The van der Waals surface area contributed by atoms with Crippen LogP contribution in [0.15, 0.2) is 28.7 Å². The van der Waals surface area contributed by atoms with Gasteiger partial charge >= 0.3 is 0 Å². The van der Waals surface area contributed by atoms with Gasteiger partial charge < -0.3 is 5.73 Å². The zero-order chi connectivity index (χ0) is 14.7. The standard InChI is InChI=1S/C15H19BrClN3/c1-3-11-8-12(20(4-2)19-11)9-15(18)13-7-10(16)5-6-14(13)17/h5-8,15H,3-4,9,18H2,1-2H3. The summed E-state index contributed by atoms with van der Waals surface area (Å²) in [6.45, 7) is 5.05. The van der Waals surface area contributed by atoms with Gasteiger partial charge in [-0.2, -0.15) is 5.10 Å². The molecule has 1 aromatic heterocycles. The topological polar surface area (TPSA) is 43.8 Å². The van der Waals surface area contributed by atoms with Gasteiger partial charge in [-0.25, -0.2) is 0 Å². The quantitative estimate of drug-likeness (QED) is 0.875. The van der Waals surface area contributed by atoms with Gasteiger partial charge in [0.25, 0.3) is 0 Å². The normalized spacial score (nSPS) is 12.7. The molecule has 1 atom stereocenters. The molecule has 0 bridgehead atoms. The number of rotatable bonds is 5. The van der Waals surface area contributed by atoms with Crippen molar-refractivity contribution in [3.8, 4) is 0 Å². The second-order valence-corrected chi connectivity index (χ2v) is 6.10. The lowest BCUT2D eigenvalue weighted by Crippen LogP contribution is -2.16. The van der Waals surface area contributed by atoms with E-state index in [1.54, 1.807) is 0 Å². The van der Waals surface area contributed by atoms with E-state index < -0.39 is 0 Å². The van der Waals surface area contributed by atoms with E-state index in [0.717, 1.165) is 40.8 Å². The molecule has 20 heavy (non-hydrogen) atoms. The van der Waals surface area contributed by atoms with E-state index in [1.807, 2.05) is 22.9 Å². The molecule has 0 fully saturated rings. The average molecular weight is 357 g/mol. The molecule has 2 rings (SSSR count). The second kappa shape index (κ2) is 6.74. The van der Waals surface area contributed by atoms with Gasteiger partial charge in [-0.3, -0.25) is 4.68 Å². The van der Waals surface area contributed by atoms with Crippen molar-refractivity contribution in [1.82, 2.24) is 9.78 Å². The fraction of sp³-hybridized carbons (Fsp3) is 0.400. The molecule has 0 aliphatic rings. The molecule has 0 saturated carbocycles. The number of aryl methyl sites for hydroxylation is 2. The summed E-state index contributed by atoms with van der Waals surface area (Å²) in [5.41, 5.74) is 9.55. The Kier molecular flexibility index (Phi) is 5.24. The summed E-state index contributed by atoms with van der Waals surface area (Å²) in [4.78, 5) is 0. The van der Waals surface area contributed by atoms with Gasteiger partial charge in [0.2, 0.25) is 0 Å². The van der Waals surface area contributed by atoms with E-state index >= 15 is 0 Å². The molecule has 2 aromatic rings. The SMILES string of the molecule is CCc1cc(CC(N)c2cc(Br)ccc2Cl)n(CC)n1. The first-order valence-corrected chi connectivity index (χ1v) is 7.98. The summed E-state index contributed by atoms with van der Waals surface area (Å²) in [5, 5.41) is 5.26. The lowest BCUT2D eigenvalue weighted by Gasteiger charge is -2.15. The van der Waals surface area contributed by atoms with Crippen LogP contribution in [-0.2, 0) is 19.4 Å². The highest BCUT2D eigenvalue weighted by Gasteiger charge is 2.15. The third kappa shape index (κ3) is 3.43. The zero-order valence-electron chi connectivity index (χ0n) is 11.7. The molecule has 2 N–H and O–H groups in total. The Hall–Kier alpha value is -0.840. The minimum atomic E-state index is -0.133. The molecular formula is C15H19BrClN3. The number of hydrogen-bond acceptors (Lipinski definition) is 2. The van der Waals surface area contributed by atoms with Crippen molar-refractivity contribution in [2.24, 2.45) is 5.73 Å². The predicted molar refractivity (Wildman–Crippen MR) is 87.1 cm³/mol. The minimum Gasteiger partial charge on any atom is -0.324 e. The van der Waals surface area contributed by atoms with Crippen LogP contribution in [0.5, 0.6) is 0 Å². The highest BCUT2D eigenvalue weighted by molar-refractivity contribution is 9.10. The first kappa shape index (κ1) is 15.5. The largest absolute Gasteiger partial charge is 0.324 e. The monoisotopic (exact) mass is 355 g/mol. The van der Waals surface area contributed by atoms with Crippen molar-refractivity contribution in [2.45, 2.75) is 39.3 Å². The molecular weight excluding hydrogens is 338 g/mol. The predicted octanol–water partition coefficient (Wildman–Crippen LogP) is 4.12. The van der Waals surface area contributed by atoms with Gasteiger partial charge in [-0.1, -0.05) is 34.5 Å². The van der Waals surface area contributed by atoms with E-state index in [0.29, 0.717) is 5.02 Å². The first-order chi connectivity index (χ1) is 9.55. The van der Waals surface area contributed by atoms with Gasteiger partial charge in [0, 0.05) is 34.2 Å². The van der Waals surface area contributed by atoms with Crippen LogP contribution >= 0.6 is 27.5 Å². The van der Waals surface area contributed by atoms with Crippen molar-refractivity contribution < 1.29 is 0 Å². The summed E-state index contributed by atoms with van der Waals surface area (Å²) in [6.07, 6.45) is 1.67. The average Bonchev–Trinajstić information content (AvgIpc) is 2.83. The number of hydrogen-bond donors (Lipinski definition) is 1. The summed E-state index contributed by atoms with van der Waals surface area (Å²) in [7, 11) is 0. The third-order valence-corrected chi connectivity index (χ3v) is 4.20. The van der Waals surface area contributed by atoms with E-state index in [-0.39, 0.29) is 6.04 Å². The molecule has 5 heteroatoms. The Morgan fingerprint density at radius 3 is 2.75 bits per heavy atom. The van der Waals surface area contributed by atoms with E-state index in [9.17, 15) is 0 Å². The molecule has 0 saturated heterocycles. The minimum absolute atomic E-state index is 0.133. The number of nitrogens with zero attached hydrogens (tertiary/aromatic N) is 2. The van der Waals surface area contributed by atoms with E-state index in [1.165, 1.54) is 0 Å².